The summed E-state index contributed by atoms with van der Waals surface area (Å²) in [5.74, 6) is 0.609. The second-order valence-electron chi connectivity index (χ2n) is 8.67. The van der Waals surface area contributed by atoms with Crippen molar-refractivity contribution >= 4 is 29.1 Å². The molecule has 0 spiro atoms. The summed E-state index contributed by atoms with van der Waals surface area (Å²) < 4.78 is 0. The fourth-order valence-corrected chi connectivity index (χ4v) is 4.03. The van der Waals surface area contributed by atoms with E-state index in [2.05, 4.69) is 40.1 Å². The minimum absolute atomic E-state index is 0.0514. The van der Waals surface area contributed by atoms with Gasteiger partial charge in [-0.2, -0.15) is 0 Å². The van der Waals surface area contributed by atoms with Crippen molar-refractivity contribution in [1.82, 2.24) is 20.9 Å². The van der Waals surface area contributed by atoms with Crippen LogP contribution in [0, 0.1) is 0 Å². The second-order valence-corrected chi connectivity index (χ2v) is 8.67. The number of carbonyl (C=O) groups excluding carboxylic acids is 2. The minimum Gasteiger partial charge on any atom is -0.356 e. The molecule has 0 radical (unpaired) electrons. The van der Waals surface area contributed by atoms with Crippen LogP contribution in [-0.2, 0) is 0 Å². The van der Waals surface area contributed by atoms with E-state index in [1.54, 1.807) is 0 Å². The van der Waals surface area contributed by atoms with Gasteiger partial charge >= 0.3 is 0 Å². The van der Waals surface area contributed by atoms with Gasteiger partial charge in [-0.15, -0.1) is 0 Å². The number of benzene rings is 2. The van der Waals surface area contributed by atoms with Gasteiger partial charge in [-0.1, -0.05) is 19.9 Å². The van der Waals surface area contributed by atoms with Crippen molar-refractivity contribution in [3.05, 3.63) is 59.2 Å². The lowest BCUT2D eigenvalue weighted by Crippen LogP contribution is -2.46. The van der Waals surface area contributed by atoms with Crippen LogP contribution in [0.5, 0.6) is 0 Å². The van der Waals surface area contributed by atoms with Gasteiger partial charge in [-0.3, -0.25) is 19.9 Å². The third-order valence-electron chi connectivity index (χ3n) is 5.86. The molecule has 1 saturated heterocycles. The molecule has 4 rings (SSSR count). The standard InChI is InChI=1S/C25H32N6O2/c1-17(2)21-16-18(23(32)30-25-27-9-4-10-28-25)7-8-22(21)29-20-6-3-5-19(15-20)24(33)31-13-11-26-12-14-31/h3,5-8,15-17,26,29H,4,9-14H2,1-2H3,(H2,27,28,30,32). The van der Waals surface area contributed by atoms with Crippen molar-refractivity contribution in [3.8, 4) is 0 Å². The molecule has 8 nitrogen and oxygen atoms in total. The first kappa shape index (κ1) is 22.8. The first-order valence-electron chi connectivity index (χ1n) is 11.6. The molecule has 2 aromatic carbocycles. The van der Waals surface area contributed by atoms with E-state index in [1.807, 2.05) is 47.4 Å². The van der Waals surface area contributed by atoms with Gasteiger partial charge in [0.05, 0.1) is 0 Å². The highest BCUT2D eigenvalue weighted by molar-refractivity contribution is 6.06. The number of hydrogen-bond acceptors (Lipinski definition) is 6. The lowest BCUT2D eigenvalue weighted by molar-refractivity contribution is 0.0735. The maximum Gasteiger partial charge on any atom is 0.257 e. The summed E-state index contributed by atoms with van der Waals surface area (Å²) in [4.78, 5) is 31.8. The molecule has 0 aromatic heterocycles. The van der Waals surface area contributed by atoms with Crippen LogP contribution in [0.4, 0.5) is 11.4 Å². The predicted molar refractivity (Wildman–Crippen MR) is 131 cm³/mol. The maximum atomic E-state index is 12.9. The normalized spacial score (nSPS) is 16.1. The van der Waals surface area contributed by atoms with Crippen molar-refractivity contribution in [1.29, 1.82) is 0 Å². The molecule has 0 bridgehead atoms. The second kappa shape index (κ2) is 10.5. The number of hydrogen-bond donors (Lipinski definition) is 4. The average molecular weight is 449 g/mol. The van der Waals surface area contributed by atoms with Gasteiger partial charge in [-0.05, 0) is 54.3 Å². The molecule has 0 saturated carbocycles. The molecule has 1 fully saturated rings. The average Bonchev–Trinajstić information content (AvgIpc) is 2.85. The molecule has 0 atom stereocenters. The van der Waals surface area contributed by atoms with Crippen molar-refractivity contribution < 1.29 is 9.59 Å². The Morgan fingerprint density at radius 2 is 1.85 bits per heavy atom. The van der Waals surface area contributed by atoms with E-state index in [0.29, 0.717) is 17.1 Å². The van der Waals surface area contributed by atoms with Gasteiger partial charge < -0.3 is 20.9 Å². The third-order valence-corrected chi connectivity index (χ3v) is 5.86. The SMILES string of the molecule is CC(C)c1cc(C(=O)NC2=NCCCN2)ccc1Nc1cccc(C(=O)N2CCNCC2)c1. The highest BCUT2D eigenvalue weighted by Crippen LogP contribution is 2.29. The van der Waals surface area contributed by atoms with E-state index in [9.17, 15) is 9.59 Å². The van der Waals surface area contributed by atoms with Gasteiger partial charge in [0.1, 0.15) is 0 Å². The fraction of sp³-hybridized carbons (Fsp3) is 0.400. The zero-order chi connectivity index (χ0) is 23.2. The number of piperazine rings is 1. The molecule has 2 aromatic rings. The monoisotopic (exact) mass is 448 g/mol. The summed E-state index contributed by atoms with van der Waals surface area (Å²) in [5, 5.41) is 12.7. The Bertz CT molecular complexity index is 1040. The topological polar surface area (TPSA) is 97.9 Å². The summed E-state index contributed by atoms with van der Waals surface area (Å²) in [6.45, 7) is 8.82. The van der Waals surface area contributed by atoms with Crippen LogP contribution in [0.2, 0.25) is 0 Å². The summed E-state index contributed by atoms with van der Waals surface area (Å²) in [6, 6.07) is 13.2. The molecule has 0 unspecified atom stereocenters. The molecule has 2 amide bonds. The van der Waals surface area contributed by atoms with Crippen LogP contribution in [0.3, 0.4) is 0 Å². The molecule has 174 valence electrons. The van der Waals surface area contributed by atoms with Gasteiger partial charge in [0.15, 0.2) is 5.96 Å². The third kappa shape index (κ3) is 5.70. The van der Waals surface area contributed by atoms with Gasteiger partial charge in [0, 0.05) is 61.8 Å². The van der Waals surface area contributed by atoms with Crippen LogP contribution in [0.25, 0.3) is 0 Å². The summed E-state index contributed by atoms with van der Waals surface area (Å²) >= 11 is 0. The first-order chi connectivity index (χ1) is 16.0. The molecule has 2 heterocycles. The van der Waals surface area contributed by atoms with Crippen LogP contribution in [0.1, 0.15) is 52.5 Å². The summed E-state index contributed by atoms with van der Waals surface area (Å²) in [7, 11) is 0. The van der Waals surface area contributed by atoms with Gasteiger partial charge in [0.2, 0.25) is 0 Å². The van der Waals surface area contributed by atoms with Crippen molar-refractivity contribution in [2.75, 3.05) is 44.6 Å². The molecule has 2 aliphatic heterocycles. The van der Waals surface area contributed by atoms with Crippen molar-refractivity contribution in [3.63, 3.8) is 0 Å². The molecule has 33 heavy (non-hydrogen) atoms. The minimum atomic E-state index is -0.180. The van der Waals surface area contributed by atoms with Gasteiger partial charge in [-0.25, -0.2) is 0 Å². The Morgan fingerprint density at radius 3 is 2.58 bits per heavy atom. The zero-order valence-electron chi connectivity index (χ0n) is 19.3. The lowest BCUT2D eigenvalue weighted by Gasteiger charge is -2.27. The Labute approximate surface area is 194 Å². The molecular formula is C25H32N6O2. The smallest absolute Gasteiger partial charge is 0.257 e. The number of amides is 2. The Hall–Kier alpha value is -3.39. The Balaban J connectivity index is 1.51. The quantitative estimate of drug-likeness (QED) is 0.564. The van der Waals surface area contributed by atoms with E-state index < -0.39 is 0 Å². The zero-order valence-corrected chi connectivity index (χ0v) is 19.3. The maximum absolute atomic E-state index is 12.9. The number of nitrogens with one attached hydrogen (secondary N) is 4. The van der Waals surface area contributed by atoms with Crippen LogP contribution in [-0.4, -0.2) is 61.9 Å². The number of guanidine groups is 1. The highest BCUT2D eigenvalue weighted by Gasteiger charge is 2.19. The molecule has 0 aliphatic carbocycles. The largest absolute Gasteiger partial charge is 0.356 e. The predicted octanol–water partition coefficient (Wildman–Crippen LogP) is 2.68. The van der Waals surface area contributed by atoms with E-state index >= 15 is 0 Å². The lowest BCUT2D eigenvalue weighted by atomic mass is 9.98. The molecular weight excluding hydrogens is 416 g/mol. The van der Waals surface area contributed by atoms with Gasteiger partial charge in [0.25, 0.3) is 11.8 Å². The Kier molecular flexibility index (Phi) is 7.24. The van der Waals surface area contributed by atoms with E-state index in [4.69, 9.17) is 0 Å². The highest BCUT2D eigenvalue weighted by atomic mass is 16.2. The summed E-state index contributed by atoms with van der Waals surface area (Å²) in [6.07, 6.45) is 0.971. The van der Waals surface area contributed by atoms with E-state index in [-0.39, 0.29) is 17.7 Å². The number of nitrogens with zero attached hydrogens (tertiary/aromatic N) is 2. The number of carbonyl (C=O) groups is 2. The van der Waals surface area contributed by atoms with Crippen LogP contribution in [0.15, 0.2) is 47.5 Å². The van der Waals surface area contributed by atoms with Crippen molar-refractivity contribution in [2.24, 2.45) is 4.99 Å². The number of aliphatic imine (C=N–C) groups is 1. The van der Waals surface area contributed by atoms with Crippen LogP contribution >= 0.6 is 0 Å². The van der Waals surface area contributed by atoms with Crippen molar-refractivity contribution in [2.45, 2.75) is 26.2 Å². The van der Waals surface area contributed by atoms with E-state index in [1.165, 1.54) is 0 Å². The first-order valence-corrected chi connectivity index (χ1v) is 11.6. The number of rotatable bonds is 5. The summed E-state index contributed by atoms with van der Waals surface area (Å²) in [5.41, 5.74) is 4.05. The molecule has 2 aliphatic rings. The number of anilines is 2. The fourth-order valence-electron chi connectivity index (χ4n) is 4.03. The van der Waals surface area contributed by atoms with Crippen LogP contribution < -0.4 is 21.3 Å². The Morgan fingerprint density at radius 1 is 1.03 bits per heavy atom. The molecule has 4 N–H and O–H groups in total. The van der Waals surface area contributed by atoms with E-state index in [0.717, 1.165) is 62.6 Å². The molecule has 8 heteroatoms.